The van der Waals surface area contributed by atoms with Crippen LogP contribution in [0.5, 0.6) is 0 Å². The summed E-state index contributed by atoms with van der Waals surface area (Å²) in [5.41, 5.74) is -0.569. The number of carboxylic acid groups (broad SMARTS) is 2. The molecule has 0 fully saturated rings. The van der Waals surface area contributed by atoms with Crippen LogP contribution in [0.3, 0.4) is 0 Å². The van der Waals surface area contributed by atoms with Gasteiger partial charge in [-0.25, -0.2) is 0 Å². The summed E-state index contributed by atoms with van der Waals surface area (Å²) >= 11 is 0. The summed E-state index contributed by atoms with van der Waals surface area (Å²) in [6, 6.07) is 0. The molecule has 32 heavy (non-hydrogen) atoms. The molecule has 0 aliphatic carbocycles. The molecular weight excluding hydrogens is 400 g/mol. The van der Waals surface area contributed by atoms with Crippen molar-refractivity contribution in [2.75, 3.05) is 0 Å². The van der Waals surface area contributed by atoms with E-state index in [1.165, 1.54) is 96.3 Å². The third-order valence-corrected chi connectivity index (χ3v) is 6.43. The number of rotatable bonds is 24. The summed E-state index contributed by atoms with van der Waals surface area (Å²) < 4.78 is 0. The predicted octanol–water partition coefficient (Wildman–Crippen LogP) is 8.93. The quantitative estimate of drug-likeness (QED) is 0.113. The zero-order valence-corrected chi connectivity index (χ0v) is 21.2. The molecule has 2 N–H and O–H groups in total. The smallest absolute Gasteiger partial charge is 0.309 e. The average molecular weight is 453 g/mol. The molecule has 0 aromatic rings. The Morgan fingerprint density at radius 3 is 1.28 bits per heavy atom. The molecule has 0 saturated heterocycles. The van der Waals surface area contributed by atoms with E-state index in [1.807, 2.05) is 13.8 Å². The van der Waals surface area contributed by atoms with Crippen molar-refractivity contribution in [1.29, 1.82) is 0 Å². The van der Waals surface area contributed by atoms with Gasteiger partial charge in [0.2, 0.25) is 0 Å². The largest absolute Gasteiger partial charge is 0.481 e. The second-order valence-electron chi connectivity index (χ2n) is 10.1. The summed E-state index contributed by atoms with van der Waals surface area (Å²) in [5.74, 6) is -1.35. The van der Waals surface area contributed by atoms with Crippen LogP contribution < -0.4 is 0 Å². The fraction of sp³-hybridized carbons (Fsp3) is 0.857. The van der Waals surface area contributed by atoms with Crippen molar-refractivity contribution in [3.8, 4) is 0 Å². The van der Waals surface area contributed by atoms with Crippen molar-refractivity contribution in [2.24, 2.45) is 5.41 Å². The number of hydrogen-bond acceptors (Lipinski definition) is 2. The van der Waals surface area contributed by atoms with Gasteiger partial charge in [-0.1, -0.05) is 102 Å². The molecule has 0 aliphatic heterocycles. The van der Waals surface area contributed by atoms with Crippen molar-refractivity contribution < 1.29 is 19.8 Å². The monoisotopic (exact) mass is 452 g/mol. The van der Waals surface area contributed by atoms with Crippen molar-refractivity contribution >= 4 is 11.9 Å². The first-order chi connectivity index (χ1) is 15.4. The zero-order chi connectivity index (χ0) is 23.9. The molecule has 0 rings (SSSR count). The predicted molar refractivity (Wildman–Crippen MR) is 135 cm³/mol. The van der Waals surface area contributed by atoms with E-state index in [2.05, 4.69) is 12.2 Å². The van der Waals surface area contributed by atoms with E-state index in [0.717, 1.165) is 32.1 Å². The van der Waals surface area contributed by atoms with Crippen molar-refractivity contribution in [3.05, 3.63) is 12.2 Å². The standard InChI is InChI=1S/C28H52O4/c1-28(2,27(31)32)25-23-21-19-17-15-13-11-9-7-5-3-4-6-8-10-12-14-16-18-20-22-24-26(29)30/h3,5H,4,6-25H2,1-2H3,(H,29,30)(H,31,32)/b5-3+. The molecule has 4 nitrogen and oxygen atoms in total. The number of carboxylic acids is 2. The van der Waals surface area contributed by atoms with Crippen LogP contribution in [0, 0.1) is 5.41 Å². The van der Waals surface area contributed by atoms with Gasteiger partial charge < -0.3 is 10.2 Å². The topological polar surface area (TPSA) is 74.6 Å². The van der Waals surface area contributed by atoms with Crippen LogP contribution in [0.25, 0.3) is 0 Å². The first-order valence-electron chi connectivity index (χ1n) is 13.5. The molecule has 0 aromatic carbocycles. The van der Waals surface area contributed by atoms with E-state index in [-0.39, 0.29) is 0 Å². The summed E-state index contributed by atoms with van der Waals surface area (Å²) in [6.07, 6.45) is 29.2. The van der Waals surface area contributed by atoms with Crippen molar-refractivity contribution in [2.45, 2.75) is 149 Å². The van der Waals surface area contributed by atoms with E-state index < -0.39 is 17.4 Å². The Balaban J connectivity index is 3.21. The second-order valence-corrected chi connectivity index (χ2v) is 10.1. The fourth-order valence-electron chi connectivity index (χ4n) is 4.01. The average Bonchev–Trinajstić information content (AvgIpc) is 2.73. The SMILES string of the molecule is CC(C)(CCCCCCCCCC/C=C/CCCCCCCCCCCC(=O)O)C(=O)O. The van der Waals surface area contributed by atoms with Gasteiger partial charge in [-0.05, 0) is 52.4 Å². The van der Waals surface area contributed by atoms with E-state index in [4.69, 9.17) is 10.2 Å². The lowest BCUT2D eigenvalue weighted by Crippen LogP contribution is -2.23. The Labute approximate surface area is 198 Å². The summed E-state index contributed by atoms with van der Waals surface area (Å²) in [6.45, 7) is 3.65. The van der Waals surface area contributed by atoms with Crippen LogP contribution in [0.4, 0.5) is 0 Å². The van der Waals surface area contributed by atoms with Gasteiger partial charge in [0.1, 0.15) is 0 Å². The molecule has 0 unspecified atom stereocenters. The van der Waals surface area contributed by atoms with Crippen LogP contribution in [-0.4, -0.2) is 22.2 Å². The normalized spacial score (nSPS) is 11.9. The lowest BCUT2D eigenvalue weighted by atomic mass is 9.87. The highest BCUT2D eigenvalue weighted by molar-refractivity contribution is 5.73. The molecule has 0 heterocycles. The van der Waals surface area contributed by atoms with Crippen LogP contribution in [0.15, 0.2) is 12.2 Å². The van der Waals surface area contributed by atoms with Crippen LogP contribution in [0.1, 0.15) is 149 Å². The van der Waals surface area contributed by atoms with E-state index in [1.54, 1.807) is 0 Å². The van der Waals surface area contributed by atoms with E-state index in [9.17, 15) is 9.59 Å². The lowest BCUT2D eigenvalue weighted by molar-refractivity contribution is -0.147. The molecule has 0 bridgehead atoms. The number of hydrogen-bond donors (Lipinski definition) is 2. The van der Waals surface area contributed by atoms with Gasteiger partial charge in [0.15, 0.2) is 0 Å². The Hall–Kier alpha value is -1.32. The highest BCUT2D eigenvalue weighted by Crippen LogP contribution is 2.24. The minimum absolute atomic E-state index is 0.325. The highest BCUT2D eigenvalue weighted by atomic mass is 16.4. The van der Waals surface area contributed by atoms with Crippen molar-refractivity contribution in [3.63, 3.8) is 0 Å². The first kappa shape index (κ1) is 30.7. The van der Waals surface area contributed by atoms with Gasteiger partial charge in [0, 0.05) is 6.42 Å². The Morgan fingerprint density at radius 2 is 0.906 bits per heavy atom. The van der Waals surface area contributed by atoms with Gasteiger partial charge in [-0.15, -0.1) is 0 Å². The second kappa shape index (κ2) is 21.5. The Bertz CT molecular complexity index is 482. The maximum absolute atomic E-state index is 11.1. The summed E-state index contributed by atoms with van der Waals surface area (Å²) in [5, 5.41) is 17.7. The summed E-state index contributed by atoms with van der Waals surface area (Å²) in [7, 11) is 0. The minimum Gasteiger partial charge on any atom is -0.481 e. The Kier molecular flexibility index (Phi) is 20.6. The molecule has 0 amide bonds. The van der Waals surface area contributed by atoms with Gasteiger partial charge >= 0.3 is 11.9 Å². The maximum Gasteiger partial charge on any atom is 0.309 e. The lowest BCUT2D eigenvalue weighted by Gasteiger charge is -2.18. The zero-order valence-electron chi connectivity index (χ0n) is 21.2. The number of aliphatic carboxylic acids is 2. The molecule has 0 saturated carbocycles. The van der Waals surface area contributed by atoms with Gasteiger partial charge in [0.25, 0.3) is 0 Å². The highest BCUT2D eigenvalue weighted by Gasteiger charge is 2.25. The fourth-order valence-corrected chi connectivity index (χ4v) is 4.01. The first-order valence-corrected chi connectivity index (χ1v) is 13.5. The van der Waals surface area contributed by atoms with E-state index >= 15 is 0 Å². The summed E-state index contributed by atoms with van der Waals surface area (Å²) in [4.78, 5) is 21.5. The molecule has 188 valence electrons. The van der Waals surface area contributed by atoms with E-state index in [0.29, 0.717) is 6.42 Å². The third kappa shape index (κ3) is 21.9. The molecule has 0 atom stereocenters. The third-order valence-electron chi connectivity index (χ3n) is 6.43. The van der Waals surface area contributed by atoms with Crippen LogP contribution >= 0.6 is 0 Å². The van der Waals surface area contributed by atoms with Gasteiger partial charge in [-0.2, -0.15) is 0 Å². The van der Waals surface area contributed by atoms with Gasteiger partial charge in [-0.3, -0.25) is 9.59 Å². The number of unbranched alkanes of at least 4 members (excludes halogenated alkanes) is 17. The molecule has 0 aliphatic rings. The number of allylic oxidation sites excluding steroid dienone is 2. The Morgan fingerprint density at radius 1 is 0.562 bits per heavy atom. The maximum atomic E-state index is 11.1. The van der Waals surface area contributed by atoms with Crippen LogP contribution in [-0.2, 0) is 9.59 Å². The molecule has 0 spiro atoms. The van der Waals surface area contributed by atoms with Gasteiger partial charge in [0.05, 0.1) is 5.41 Å². The molecular formula is C28H52O4. The van der Waals surface area contributed by atoms with Crippen LogP contribution in [0.2, 0.25) is 0 Å². The number of carbonyl (C=O) groups is 2. The molecule has 4 heteroatoms. The molecule has 0 radical (unpaired) electrons. The minimum atomic E-state index is -0.679. The van der Waals surface area contributed by atoms with Crippen molar-refractivity contribution in [1.82, 2.24) is 0 Å². The molecule has 0 aromatic heterocycles.